The van der Waals surface area contributed by atoms with Gasteiger partial charge in [0.1, 0.15) is 17.6 Å². The molecule has 21 heavy (non-hydrogen) atoms. The third-order valence-corrected chi connectivity index (χ3v) is 4.14. The van der Waals surface area contributed by atoms with E-state index < -0.39 is 6.10 Å². The Hall–Kier alpha value is -2.07. The van der Waals surface area contributed by atoms with E-state index in [9.17, 15) is 9.90 Å². The molecule has 1 aromatic heterocycles. The largest absolute Gasteiger partial charge is 0.466 e. The van der Waals surface area contributed by atoms with E-state index in [0.717, 1.165) is 40.3 Å². The molecule has 0 saturated heterocycles. The van der Waals surface area contributed by atoms with Gasteiger partial charge in [-0.15, -0.1) is 0 Å². The Labute approximate surface area is 124 Å². The molecule has 1 aromatic carbocycles. The summed E-state index contributed by atoms with van der Waals surface area (Å²) in [6.07, 6.45) is 0.547. The fourth-order valence-electron chi connectivity index (χ4n) is 2.95. The Morgan fingerprint density at radius 1 is 1.24 bits per heavy atom. The Bertz CT molecular complexity index is 702. The summed E-state index contributed by atoms with van der Waals surface area (Å²) >= 11 is 0. The van der Waals surface area contributed by atoms with Crippen molar-refractivity contribution in [1.29, 1.82) is 0 Å². The summed E-state index contributed by atoms with van der Waals surface area (Å²) in [7, 11) is 1.79. The summed E-state index contributed by atoms with van der Waals surface area (Å²) in [6.45, 7) is 3.73. The van der Waals surface area contributed by atoms with Crippen LogP contribution in [0.15, 0.2) is 28.7 Å². The molecule has 1 aliphatic heterocycles. The molecule has 2 aromatic rings. The summed E-state index contributed by atoms with van der Waals surface area (Å²) in [6, 6.07) is 7.65. The van der Waals surface area contributed by atoms with E-state index in [1.807, 2.05) is 38.1 Å². The fourth-order valence-corrected chi connectivity index (χ4v) is 2.95. The summed E-state index contributed by atoms with van der Waals surface area (Å²) in [4.78, 5) is 13.4. The van der Waals surface area contributed by atoms with Gasteiger partial charge in [0.15, 0.2) is 0 Å². The van der Waals surface area contributed by atoms with Crippen LogP contribution < -0.4 is 4.90 Å². The lowest BCUT2D eigenvalue weighted by Gasteiger charge is -2.26. The number of carbonyl (C=O) groups is 1. The van der Waals surface area contributed by atoms with Crippen LogP contribution in [0.4, 0.5) is 5.69 Å². The minimum atomic E-state index is -0.698. The number of carbonyl (C=O) groups excluding carboxylic acids is 1. The number of hydrogen-bond acceptors (Lipinski definition) is 3. The Kier molecular flexibility index (Phi) is 3.33. The molecule has 0 bridgehead atoms. The van der Waals surface area contributed by atoms with Crippen molar-refractivity contribution in [3.8, 4) is 0 Å². The predicted molar refractivity (Wildman–Crippen MR) is 80.4 cm³/mol. The van der Waals surface area contributed by atoms with Crippen molar-refractivity contribution in [2.75, 3.05) is 11.9 Å². The minimum Gasteiger partial charge on any atom is -0.466 e. The third-order valence-electron chi connectivity index (χ3n) is 4.14. The zero-order valence-corrected chi connectivity index (χ0v) is 12.5. The van der Waals surface area contributed by atoms with Gasteiger partial charge >= 0.3 is 0 Å². The van der Waals surface area contributed by atoms with Gasteiger partial charge < -0.3 is 14.4 Å². The van der Waals surface area contributed by atoms with Gasteiger partial charge in [0.25, 0.3) is 0 Å². The van der Waals surface area contributed by atoms with Gasteiger partial charge in [-0.1, -0.05) is 12.1 Å². The molecule has 2 heterocycles. The zero-order chi connectivity index (χ0) is 15.1. The topological polar surface area (TPSA) is 53.7 Å². The Balaban J connectivity index is 1.97. The molecule has 1 atom stereocenters. The second-order valence-corrected chi connectivity index (χ2v) is 5.61. The summed E-state index contributed by atoms with van der Waals surface area (Å²) in [5, 5.41) is 10.6. The average Bonchev–Trinajstić information content (AvgIpc) is 2.80. The van der Waals surface area contributed by atoms with Crippen LogP contribution in [-0.2, 0) is 11.2 Å². The second-order valence-electron chi connectivity index (χ2n) is 5.61. The van der Waals surface area contributed by atoms with Gasteiger partial charge in [0.2, 0.25) is 5.91 Å². The molecule has 4 heteroatoms. The number of aryl methyl sites for hydroxylation is 3. The first kappa shape index (κ1) is 13.9. The highest BCUT2D eigenvalue weighted by molar-refractivity contribution is 5.95. The molecule has 0 radical (unpaired) electrons. The first-order valence-corrected chi connectivity index (χ1v) is 7.11. The van der Waals surface area contributed by atoms with Crippen LogP contribution in [0.1, 0.15) is 40.7 Å². The van der Waals surface area contributed by atoms with Crippen LogP contribution in [0.5, 0.6) is 0 Å². The van der Waals surface area contributed by atoms with Gasteiger partial charge in [-0.2, -0.15) is 0 Å². The summed E-state index contributed by atoms with van der Waals surface area (Å²) in [5.41, 5.74) is 3.67. The molecule has 0 saturated carbocycles. The molecular formula is C17H19NO3. The number of anilines is 1. The monoisotopic (exact) mass is 285 g/mol. The van der Waals surface area contributed by atoms with Crippen LogP contribution in [-0.4, -0.2) is 18.1 Å². The summed E-state index contributed by atoms with van der Waals surface area (Å²) in [5.74, 6) is 1.67. The maximum absolute atomic E-state index is 11.7. The number of amides is 1. The number of aliphatic hydroxyl groups excluding tert-OH is 1. The number of nitrogens with zero attached hydrogens (tertiary/aromatic N) is 1. The molecule has 3 rings (SSSR count). The Morgan fingerprint density at radius 2 is 2.00 bits per heavy atom. The quantitative estimate of drug-likeness (QED) is 0.923. The van der Waals surface area contributed by atoms with Crippen LogP contribution in [0, 0.1) is 13.8 Å². The van der Waals surface area contributed by atoms with Crippen LogP contribution >= 0.6 is 0 Å². The summed E-state index contributed by atoms with van der Waals surface area (Å²) < 4.78 is 5.49. The molecule has 1 N–H and O–H groups in total. The minimum absolute atomic E-state index is 0.136. The smallest absolute Gasteiger partial charge is 0.227 e. The van der Waals surface area contributed by atoms with Gasteiger partial charge in [0.05, 0.1) is 0 Å². The molecule has 1 unspecified atom stereocenters. The van der Waals surface area contributed by atoms with Crippen molar-refractivity contribution in [3.63, 3.8) is 0 Å². The first-order chi connectivity index (χ1) is 9.97. The van der Waals surface area contributed by atoms with Crippen molar-refractivity contribution in [1.82, 2.24) is 0 Å². The number of fused-ring (bicyclic) bond motifs is 1. The van der Waals surface area contributed by atoms with Gasteiger partial charge in [-0.25, -0.2) is 0 Å². The number of benzene rings is 1. The molecule has 4 nitrogen and oxygen atoms in total. The molecule has 0 fully saturated rings. The van der Waals surface area contributed by atoms with Gasteiger partial charge in [0, 0.05) is 24.7 Å². The molecular weight excluding hydrogens is 266 g/mol. The lowest BCUT2D eigenvalue weighted by atomic mass is 9.95. The number of aliphatic hydroxyl groups is 1. The maximum Gasteiger partial charge on any atom is 0.227 e. The van der Waals surface area contributed by atoms with E-state index in [0.29, 0.717) is 6.42 Å². The van der Waals surface area contributed by atoms with Crippen molar-refractivity contribution in [2.45, 2.75) is 32.8 Å². The van der Waals surface area contributed by atoms with Gasteiger partial charge in [-0.05, 0) is 43.5 Å². The molecule has 1 aliphatic rings. The van der Waals surface area contributed by atoms with Crippen molar-refractivity contribution < 1.29 is 14.3 Å². The molecule has 0 spiro atoms. The zero-order valence-electron chi connectivity index (χ0n) is 12.5. The highest BCUT2D eigenvalue weighted by Gasteiger charge is 2.23. The van der Waals surface area contributed by atoms with E-state index in [4.69, 9.17) is 4.42 Å². The normalized spacial score (nSPS) is 16.0. The maximum atomic E-state index is 11.7. The van der Waals surface area contributed by atoms with Crippen molar-refractivity contribution in [3.05, 3.63) is 52.5 Å². The highest BCUT2D eigenvalue weighted by Crippen LogP contribution is 2.33. The number of hydrogen-bond donors (Lipinski definition) is 1. The Morgan fingerprint density at radius 3 is 2.67 bits per heavy atom. The third kappa shape index (κ3) is 2.36. The van der Waals surface area contributed by atoms with E-state index in [1.165, 1.54) is 0 Å². The standard InChI is InChI=1S/C17H19NO3/c1-10-8-14(11(2)21-10)17(20)13-4-6-15-12(9-13)5-7-16(19)18(15)3/h4,6,8-9,17,20H,5,7H2,1-3H3. The lowest BCUT2D eigenvalue weighted by molar-refractivity contribution is -0.118. The first-order valence-electron chi connectivity index (χ1n) is 7.11. The van der Waals surface area contributed by atoms with Crippen LogP contribution in [0.3, 0.4) is 0 Å². The predicted octanol–water partition coefficient (Wildman–Crippen LogP) is 2.89. The average molecular weight is 285 g/mol. The van der Waals surface area contributed by atoms with E-state index in [2.05, 4.69) is 0 Å². The van der Waals surface area contributed by atoms with Crippen molar-refractivity contribution in [2.24, 2.45) is 0 Å². The number of furan rings is 1. The van der Waals surface area contributed by atoms with E-state index in [-0.39, 0.29) is 5.91 Å². The highest BCUT2D eigenvalue weighted by atomic mass is 16.3. The van der Waals surface area contributed by atoms with E-state index >= 15 is 0 Å². The van der Waals surface area contributed by atoms with Crippen LogP contribution in [0.25, 0.3) is 0 Å². The van der Waals surface area contributed by atoms with Crippen molar-refractivity contribution >= 4 is 11.6 Å². The molecule has 0 aliphatic carbocycles. The molecule has 1 amide bonds. The van der Waals surface area contributed by atoms with Crippen LogP contribution in [0.2, 0.25) is 0 Å². The molecule has 110 valence electrons. The lowest BCUT2D eigenvalue weighted by Crippen LogP contribution is -2.31. The van der Waals surface area contributed by atoms with E-state index in [1.54, 1.807) is 11.9 Å². The SMILES string of the molecule is Cc1cc(C(O)c2ccc3c(c2)CCC(=O)N3C)c(C)o1. The number of rotatable bonds is 2. The van der Waals surface area contributed by atoms with Gasteiger partial charge in [-0.3, -0.25) is 4.79 Å². The fraction of sp³-hybridized carbons (Fsp3) is 0.353. The second kappa shape index (κ2) is 5.04.